The fraction of sp³-hybridized carbons (Fsp3) is 0.212. The molecule has 1 heteroatoms. The lowest BCUT2D eigenvalue weighted by molar-refractivity contribution is 0.636. The molecule has 0 amide bonds. The molecule has 0 N–H and O–H groups in total. The molecule has 0 spiro atoms. The second-order valence-electron chi connectivity index (χ2n) is 8.61. The highest BCUT2D eigenvalue weighted by atomic mass is 19.1. The first-order chi connectivity index (χ1) is 16.7. The van der Waals surface area contributed by atoms with Gasteiger partial charge < -0.3 is 0 Å². The van der Waals surface area contributed by atoms with Gasteiger partial charge in [0.2, 0.25) is 0 Å². The highest BCUT2D eigenvalue weighted by molar-refractivity contribution is 5.86. The molecule has 4 aromatic rings. The van der Waals surface area contributed by atoms with Gasteiger partial charge in [0.25, 0.3) is 0 Å². The van der Waals surface area contributed by atoms with E-state index in [0.29, 0.717) is 10.9 Å². The van der Waals surface area contributed by atoms with E-state index >= 15 is 4.39 Å². The van der Waals surface area contributed by atoms with Crippen LogP contribution in [0, 0.1) is 29.5 Å². The zero-order valence-electron chi connectivity index (χ0n) is 19.9. The zero-order valence-corrected chi connectivity index (χ0v) is 19.9. The molecule has 0 fully saturated rings. The van der Waals surface area contributed by atoms with Gasteiger partial charge >= 0.3 is 0 Å². The molecule has 0 unspecified atom stereocenters. The van der Waals surface area contributed by atoms with Crippen molar-refractivity contribution in [1.29, 1.82) is 0 Å². The van der Waals surface area contributed by atoms with Crippen LogP contribution < -0.4 is 0 Å². The fourth-order valence-corrected chi connectivity index (χ4v) is 3.93. The van der Waals surface area contributed by atoms with E-state index in [4.69, 9.17) is 0 Å². The average Bonchev–Trinajstić information content (AvgIpc) is 2.87. The third kappa shape index (κ3) is 5.95. The van der Waals surface area contributed by atoms with Gasteiger partial charge in [-0.2, -0.15) is 0 Å². The summed E-state index contributed by atoms with van der Waals surface area (Å²) in [4.78, 5) is 0. The predicted molar refractivity (Wildman–Crippen MR) is 141 cm³/mol. The Morgan fingerprint density at radius 1 is 0.588 bits per heavy atom. The first-order valence-electron chi connectivity index (χ1n) is 12.1. The molecule has 0 bridgehead atoms. The second-order valence-corrected chi connectivity index (χ2v) is 8.61. The van der Waals surface area contributed by atoms with Crippen molar-refractivity contribution in [2.45, 2.75) is 46.0 Å². The molecule has 0 aliphatic rings. The zero-order chi connectivity index (χ0) is 23.8. The molecule has 0 radical (unpaired) electrons. The van der Waals surface area contributed by atoms with Crippen LogP contribution in [0.15, 0.2) is 78.9 Å². The fourth-order valence-electron chi connectivity index (χ4n) is 3.93. The Hall–Kier alpha value is -3.81. The summed E-state index contributed by atoms with van der Waals surface area (Å²) >= 11 is 0. The summed E-state index contributed by atoms with van der Waals surface area (Å²) in [7, 11) is 0. The van der Waals surface area contributed by atoms with Gasteiger partial charge in [-0.3, -0.25) is 0 Å². The van der Waals surface area contributed by atoms with Crippen LogP contribution in [0.25, 0.3) is 10.8 Å². The van der Waals surface area contributed by atoms with Gasteiger partial charge in [-0.1, -0.05) is 86.8 Å². The number of halogens is 1. The van der Waals surface area contributed by atoms with Crippen LogP contribution in [0.4, 0.5) is 4.39 Å². The summed E-state index contributed by atoms with van der Waals surface area (Å²) in [5.41, 5.74) is 5.80. The average molecular weight is 445 g/mol. The van der Waals surface area contributed by atoms with Crippen molar-refractivity contribution in [3.05, 3.63) is 118 Å². The molecule has 0 saturated heterocycles. The van der Waals surface area contributed by atoms with E-state index in [-0.39, 0.29) is 5.82 Å². The molecule has 0 aliphatic carbocycles. The smallest absolute Gasteiger partial charge is 0.146 e. The van der Waals surface area contributed by atoms with E-state index in [0.717, 1.165) is 41.3 Å². The first-order valence-corrected chi connectivity index (χ1v) is 12.1. The van der Waals surface area contributed by atoms with Crippen LogP contribution in [-0.2, 0) is 12.8 Å². The molecule has 0 saturated carbocycles. The largest absolute Gasteiger partial charge is 0.205 e. The molecule has 0 nitrogen and oxygen atoms in total. The molecule has 34 heavy (non-hydrogen) atoms. The van der Waals surface area contributed by atoms with Crippen molar-refractivity contribution in [2.75, 3.05) is 0 Å². The maximum absolute atomic E-state index is 15.1. The van der Waals surface area contributed by atoms with E-state index in [1.54, 1.807) is 12.1 Å². The van der Waals surface area contributed by atoms with Crippen LogP contribution in [-0.4, -0.2) is 0 Å². The van der Waals surface area contributed by atoms with Crippen LogP contribution in [0.5, 0.6) is 0 Å². The van der Waals surface area contributed by atoms with Gasteiger partial charge in [-0.25, -0.2) is 4.39 Å². The Labute approximate surface area is 202 Å². The molecular formula is C33H29F. The summed E-state index contributed by atoms with van der Waals surface area (Å²) in [6.45, 7) is 4.37. The highest BCUT2D eigenvalue weighted by Crippen LogP contribution is 2.22. The second kappa shape index (κ2) is 11.4. The van der Waals surface area contributed by atoms with E-state index in [2.05, 4.69) is 73.9 Å². The third-order valence-corrected chi connectivity index (χ3v) is 5.91. The Kier molecular flexibility index (Phi) is 7.80. The summed E-state index contributed by atoms with van der Waals surface area (Å²) in [6, 6.07) is 25.9. The Bertz CT molecular complexity index is 1390. The molecule has 0 heterocycles. The normalized spacial score (nSPS) is 10.3. The SMILES string of the molecule is CCCCc1ccc(C#Cc2ccc3c(F)c(C#Cc4ccc(CCC)cc4)ccc3c2)cc1. The molecule has 0 aliphatic heterocycles. The number of aryl methyl sites for hydroxylation is 2. The lowest BCUT2D eigenvalue weighted by Gasteiger charge is -2.03. The topological polar surface area (TPSA) is 0 Å². The minimum Gasteiger partial charge on any atom is -0.205 e. The summed E-state index contributed by atoms with van der Waals surface area (Å²) < 4.78 is 15.1. The van der Waals surface area contributed by atoms with Gasteiger partial charge in [0.05, 0.1) is 5.56 Å². The number of rotatable bonds is 5. The number of hydrogen-bond donors (Lipinski definition) is 0. The molecule has 0 aromatic heterocycles. The van der Waals surface area contributed by atoms with Crippen LogP contribution >= 0.6 is 0 Å². The molecular weight excluding hydrogens is 415 g/mol. The Balaban J connectivity index is 1.52. The molecule has 0 atom stereocenters. The number of unbranched alkanes of at least 4 members (excludes halogenated alkanes) is 1. The minimum atomic E-state index is -0.283. The molecule has 168 valence electrons. The monoisotopic (exact) mass is 444 g/mol. The van der Waals surface area contributed by atoms with Crippen molar-refractivity contribution in [1.82, 2.24) is 0 Å². The van der Waals surface area contributed by atoms with E-state index in [1.807, 2.05) is 30.3 Å². The quantitative estimate of drug-likeness (QED) is 0.273. The number of benzene rings is 4. The van der Waals surface area contributed by atoms with Crippen molar-refractivity contribution in [3.8, 4) is 23.7 Å². The van der Waals surface area contributed by atoms with Gasteiger partial charge in [0.1, 0.15) is 5.82 Å². The van der Waals surface area contributed by atoms with Crippen LogP contribution in [0.2, 0.25) is 0 Å². The number of fused-ring (bicyclic) bond motifs is 1. The maximum atomic E-state index is 15.1. The van der Waals surface area contributed by atoms with E-state index < -0.39 is 0 Å². The lowest BCUT2D eigenvalue weighted by Crippen LogP contribution is -1.88. The summed E-state index contributed by atoms with van der Waals surface area (Å²) in [5, 5.41) is 1.39. The maximum Gasteiger partial charge on any atom is 0.146 e. The minimum absolute atomic E-state index is 0.283. The van der Waals surface area contributed by atoms with Crippen molar-refractivity contribution >= 4 is 10.8 Å². The number of hydrogen-bond acceptors (Lipinski definition) is 0. The van der Waals surface area contributed by atoms with Crippen LogP contribution in [0.1, 0.15) is 66.5 Å². The van der Waals surface area contributed by atoms with Gasteiger partial charge in [0.15, 0.2) is 0 Å². The van der Waals surface area contributed by atoms with Crippen molar-refractivity contribution < 1.29 is 4.39 Å². The lowest BCUT2D eigenvalue weighted by atomic mass is 10.0. The molecule has 4 rings (SSSR count). The van der Waals surface area contributed by atoms with Crippen molar-refractivity contribution in [2.24, 2.45) is 0 Å². The van der Waals surface area contributed by atoms with E-state index in [1.165, 1.54) is 24.0 Å². The first kappa shape index (κ1) is 23.4. The highest BCUT2D eigenvalue weighted by Gasteiger charge is 2.06. The molecule has 4 aromatic carbocycles. The Morgan fingerprint density at radius 3 is 1.82 bits per heavy atom. The Morgan fingerprint density at radius 2 is 1.18 bits per heavy atom. The van der Waals surface area contributed by atoms with Gasteiger partial charge in [-0.15, -0.1) is 0 Å². The predicted octanol–water partition coefficient (Wildman–Crippen LogP) is 8.07. The van der Waals surface area contributed by atoms with E-state index in [9.17, 15) is 0 Å². The summed E-state index contributed by atoms with van der Waals surface area (Å²) in [6.07, 6.45) is 5.69. The standard InChI is InChI=1S/C33H29F/c1-3-5-7-26-10-14-27(15-11-26)16-17-29-19-23-32-31(24-29)22-21-30(33(32)34)20-18-28-12-8-25(6-4-2)9-13-28/h8-15,19,21-24H,3-7H2,1-2H3. The van der Waals surface area contributed by atoms with Gasteiger partial charge in [-0.05, 0) is 78.2 Å². The van der Waals surface area contributed by atoms with Crippen LogP contribution in [0.3, 0.4) is 0 Å². The van der Waals surface area contributed by atoms with Gasteiger partial charge in [0, 0.05) is 22.1 Å². The van der Waals surface area contributed by atoms with Crippen molar-refractivity contribution in [3.63, 3.8) is 0 Å². The third-order valence-electron chi connectivity index (χ3n) is 5.91. The summed E-state index contributed by atoms with van der Waals surface area (Å²) in [5.74, 6) is 12.2.